The van der Waals surface area contributed by atoms with E-state index in [0.717, 1.165) is 17.5 Å². The maximum atomic E-state index is 10.9. The van der Waals surface area contributed by atoms with E-state index in [9.17, 15) is 4.79 Å². The number of rotatable bonds is 2. The molecule has 1 aliphatic heterocycles. The van der Waals surface area contributed by atoms with Crippen LogP contribution in [0.1, 0.15) is 6.42 Å². The molecule has 0 saturated carbocycles. The molecule has 6 nitrogen and oxygen atoms in total. The van der Waals surface area contributed by atoms with Gasteiger partial charge in [0.25, 0.3) is 0 Å². The van der Waals surface area contributed by atoms with Crippen LogP contribution in [0, 0.1) is 0 Å². The van der Waals surface area contributed by atoms with Gasteiger partial charge in [-0.2, -0.15) is 0 Å². The van der Waals surface area contributed by atoms with Crippen LogP contribution < -0.4 is 5.32 Å². The standard InChI is InChI=1S/C13H13ClN4O2/c14-11-2-1-8-5-10(6-15-12(8)17-11)16-9-3-4-18(7-9)13(19)20/h1-2,5-6,9,16H,3-4,7H2,(H,19,20)/t9-/m1/s1. The molecule has 1 amide bonds. The third-order valence-electron chi connectivity index (χ3n) is 3.34. The van der Waals surface area contributed by atoms with Crippen molar-refractivity contribution < 1.29 is 9.90 Å². The molecule has 2 N–H and O–H groups in total. The molecular formula is C13H13ClN4O2. The summed E-state index contributed by atoms with van der Waals surface area (Å²) in [5.74, 6) is 0. The van der Waals surface area contributed by atoms with E-state index in [-0.39, 0.29) is 6.04 Å². The number of nitrogens with one attached hydrogen (secondary N) is 1. The van der Waals surface area contributed by atoms with Gasteiger partial charge in [0.1, 0.15) is 5.15 Å². The van der Waals surface area contributed by atoms with Gasteiger partial charge in [-0.05, 0) is 24.6 Å². The second kappa shape index (κ2) is 5.13. The molecule has 0 radical (unpaired) electrons. The predicted octanol–water partition coefficient (Wildman–Crippen LogP) is 2.45. The van der Waals surface area contributed by atoms with E-state index in [2.05, 4.69) is 15.3 Å². The molecule has 3 heterocycles. The van der Waals surface area contributed by atoms with Crippen LogP contribution in [0.15, 0.2) is 24.4 Å². The minimum absolute atomic E-state index is 0.116. The molecule has 0 unspecified atom stereocenters. The number of anilines is 1. The number of likely N-dealkylation sites (tertiary alicyclic amines) is 1. The quantitative estimate of drug-likeness (QED) is 0.831. The van der Waals surface area contributed by atoms with E-state index < -0.39 is 6.09 Å². The van der Waals surface area contributed by atoms with Gasteiger partial charge in [0.05, 0.1) is 11.9 Å². The van der Waals surface area contributed by atoms with Crippen molar-refractivity contribution in [3.63, 3.8) is 0 Å². The Hall–Kier alpha value is -2.08. The van der Waals surface area contributed by atoms with Gasteiger partial charge in [-0.3, -0.25) is 0 Å². The zero-order valence-corrected chi connectivity index (χ0v) is 11.3. The zero-order valence-electron chi connectivity index (χ0n) is 10.6. The van der Waals surface area contributed by atoms with Crippen LogP contribution in [-0.2, 0) is 0 Å². The lowest BCUT2D eigenvalue weighted by molar-refractivity contribution is 0.155. The molecule has 1 saturated heterocycles. The number of amides is 1. The Morgan fingerprint density at radius 1 is 1.50 bits per heavy atom. The summed E-state index contributed by atoms with van der Waals surface area (Å²) in [4.78, 5) is 20.7. The van der Waals surface area contributed by atoms with E-state index >= 15 is 0 Å². The maximum absolute atomic E-state index is 10.9. The molecule has 7 heteroatoms. The van der Waals surface area contributed by atoms with Crippen molar-refractivity contribution in [2.24, 2.45) is 0 Å². The van der Waals surface area contributed by atoms with Crippen molar-refractivity contribution in [3.8, 4) is 0 Å². The van der Waals surface area contributed by atoms with Crippen LogP contribution in [0.4, 0.5) is 10.5 Å². The molecule has 104 valence electrons. The molecule has 1 fully saturated rings. The van der Waals surface area contributed by atoms with Crippen molar-refractivity contribution in [3.05, 3.63) is 29.5 Å². The van der Waals surface area contributed by atoms with Crippen molar-refractivity contribution >= 4 is 34.4 Å². The normalized spacial score (nSPS) is 18.4. The molecular weight excluding hydrogens is 280 g/mol. The third-order valence-corrected chi connectivity index (χ3v) is 3.55. The molecule has 2 aromatic rings. The third kappa shape index (κ3) is 2.60. The Labute approximate surface area is 120 Å². The fraction of sp³-hybridized carbons (Fsp3) is 0.308. The summed E-state index contributed by atoms with van der Waals surface area (Å²) in [7, 11) is 0. The summed E-state index contributed by atoms with van der Waals surface area (Å²) in [6.45, 7) is 1.05. The number of hydrogen-bond donors (Lipinski definition) is 2. The van der Waals surface area contributed by atoms with Crippen LogP contribution in [-0.4, -0.2) is 45.2 Å². The molecule has 20 heavy (non-hydrogen) atoms. The predicted molar refractivity (Wildman–Crippen MR) is 76.2 cm³/mol. The number of fused-ring (bicyclic) bond motifs is 1. The van der Waals surface area contributed by atoms with Gasteiger partial charge in [0, 0.05) is 24.5 Å². The van der Waals surface area contributed by atoms with E-state index in [1.807, 2.05) is 12.1 Å². The van der Waals surface area contributed by atoms with Crippen LogP contribution >= 0.6 is 11.6 Å². The van der Waals surface area contributed by atoms with E-state index in [0.29, 0.717) is 23.9 Å². The zero-order chi connectivity index (χ0) is 14.1. The van der Waals surface area contributed by atoms with Crippen molar-refractivity contribution in [2.45, 2.75) is 12.5 Å². The van der Waals surface area contributed by atoms with E-state index in [1.165, 1.54) is 4.90 Å². The maximum Gasteiger partial charge on any atom is 0.407 e. The Morgan fingerprint density at radius 2 is 2.35 bits per heavy atom. The van der Waals surface area contributed by atoms with Gasteiger partial charge in [-0.15, -0.1) is 0 Å². The number of carbonyl (C=O) groups is 1. The van der Waals surface area contributed by atoms with Crippen LogP contribution in [0.25, 0.3) is 11.0 Å². The Morgan fingerprint density at radius 3 is 3.10 bits per heavy atom. The lowest BCUT2D eigenvalue weighted by Crippen LogP contribution is -2.30. The molecule has 0 spiro atoms. The largest absolute Gasteiger partial charge is 0.465 e. The van der Waals surface area contributed by atoms with Crippen molar-refractivity contribution in [1.82, 2.24) is 14.9 Å². The number of nitrogens with zero attached hydrogens (tertiary/aromatic N) is 3. The van der Waals surface area contributed by atoms with Gasteiger partial charge in [-0.1, -0.05) is 11.6 Å². The van der Waals surface area contributed by atoms with Gasteiger partial charge in [-0.25, -0.2) is 14.8 Å². The SMILES string of the molecule is O=C(O)N1CC[C@@H](Nc2cnc3nc(Cl)ccc3c2)C1. The molecule has 1 aliphatic rings. The van der Waals surface area contributed by atoms with Gasteiger partial charge < -0.3 is 15.3 Å². The van der Waals surface area contributed by atoms with E-state index in [1.54, 1.807) is 12.3 Å². The minimum Gasteiger partial charge on any atom is -0.465 e. The van der Waals surface area contributed by atoms with Gasteiger partial charge in [0.15, 0.2) is 5.65 Å². The van der Waals surface area contributed by atoms with Crippen LogP contribution in [0.2, 0.25) is 5.15 Å². The molecule has 3 rings (SSSR count). The first-order valence-electron chi connectivity index (χ1n) is 6.28. The van der Waals surface area contributed by atoms with Crippen molar-refractivity contribution in [1.29, 1.82) is 0 Å². The summed E-state index contributed by atoms with van der Waals surface area (Å²) in [6, 6.07) is 5.64. The highest BCUT2D eigenvalue weighted by atomic mass is 35.5. The van der Waals surface area contributed by atoms with Crippen LogP contribution in [0.5, 0.6) is 0 Å². The smallest absolute Gasteiger partial charge is 0.407 e. The highest BCUT2D eigenvalue weighted by molar-refractivity contribution is 6.29. The first kappa shape index (κ1) is 12.9. The number of aromatic nitrogens is 2. The Kier molecular flexibility index (Phi) is 3.31. The molecule has 0 aromatic carbocycles. The number of halogens is 1. The first-order valence-corrected chi connectivity index (χ1v) is 6.66. The second-order valence-corrected chi connectivity index (χ2v) is 5.15. The van der Waals surface area contributed by atoms with Gasteiger partial charge >= 0.3 is 6.09 Å². The molecule has 0 bridgehead atoms. The Balaban J connectivity index is 1.75. The highest BCUT2D eigenvalue weighted by Crippen LogP contribution is 2.20. The summed E-state index contributed by atoms with van der Waals surface area (Å²) in [6.07, 6.45) is 1.61. The fourth-order valence-electron chi connectivity index (χ4n) is 2.35. The fourth-order valence-corrected chi connectivity index (χ4v) is 2.50. The second-order valence-electron chi connectivity index (χ2n) is 4.76. The monoisotopic (exact) mass is 292 g/mol. The summed E-state index contributed by atoms with van der Waals surface area (Å²) in [5, 5.41) is 13.5. The van der Waals surface area contributed by atoms with E-state index in [4.69, 9.17) is 16.7 Å². The lowest BCUT2D eigenvalue weighted by Gasteiger charge is -2.15. The minimum atomic E-state index is -0.871. The summed E-state index contributed by atoms with van der Waals surface area (Å²) in [5.41, 5.74) is 1.46. The molecule has 1 atom stereocenters. The highest BCUT2D eigenvalue weighted by Gasteiger charge is 2.25. The van der Waals surface area contributed by atoms with Gasteiger partial charge in [0.2, 0.25) is 0 Å². The molecule has 2 aromatic heterocycles. The number of hydrogen-bond acceptors (Lipinski definition) is 4. The summed E-state index contributed by atoms with van der Waals surface area (Å²) < 4.78 is 0. The lowest BCUT2D eigenvalue weighted by atomic mass is 10.2. The van der Waals surface area contributed by atoms with Crippen LogP contribution in [0.3, 0.4) is 0 Å². The molecule has 0 aliphatic carbocycles. The first-order chi connectivity index (χ1) is 9.61. The number of pyridine rings is 2. The average Bonchev–Trinajstić information content (AvgIpc) is 2.88. The summed E-state index contributed by atoms with van der Waals surface area (Å²) >= 11 is 5.81. The van der Waals surface area contributed by atoms with Crippen molar-refractivity contribution in [2.75, 3.05) is 18.4 Å². The number of carboxylic acid groups (broad SMARTS) is 1. The Bertz CT molecular complexity index is 664. The average molecular weight is 293 g/mol. The topological polar surface area (TPSA) is 78.4 Å².